The molecule has 0 aromatic heterocycles. The molecule has 1 N–H and O–H groups in total. The molecule has 0 radical (unpaired) electrons. The summed E-state index contributed by atoms with van der Waals surface area (Å²) in [6, 6.07) is 4.37. The highest BCUT2D eigenvalue weighted by Gasteiger charge is 2.39. The van der Waals surface area contributed by atoms with Gasteiger partial charge in [-0.2, -0.15) is 0 Å². The van der Waals surface area contributed by atoms with E-state index in [0.29, 0.717) is 19.4 Å². The highest BCUT2D eigenvalue weighted by atomic mass is 19.1. The van der Waals surface area contributed by atoms with Crippen molar-refractivity contribution in [3.8, 4) is 0 Å². The fraction of sp³-hybridized carbons (Fsp3) is 0.467. The molecule has 0 aliphatic carbocycles. The fourth-order valence-electron chi connectivity index (χ4n) is 2.56. The van der Waals surface area contributed by atoms with Gasteiger partial charge in [-0.15, -0.1) is 0 Å². The number of amides is 1. The smallest absolute Gasteiger partial charge is 0.311 e. The van der Waals surface area contributed by atoms with Crippen LogP contribution in [-0.4, -0.2) is 35.0 Å². The third kappa shape index (κ3) is 2.66. The van der Waals surface area contributed by atoms with E-state index in [1.54, 1.807) is 19.9 Å². The molecule has 1 fully saturated rings. The van der Waals surface area contributed by atoms with E-state index in [1.807, 2.05) is 0 Å². The van der Waals surface area contributed by atoms with Gasteiger partial charge in [0.05, 0.1) is 11.0 Å². The summed E-state index contributed by atoms with van der Waals surface area (Å²) in [6.45, 7) is 4.00. The number of carboxylic acids is 1. The molecule has 1 aromatic rings. The number of hydrogen-bond acceptors (Lipinski definition) is 2. The summed E-state index contributed by atoms with van der Waals surface area (Å²) in [5.74, 6) is -1.92. The molecule has 108 valence electrons. The Morgan fingerprint density at radius 3 is 2.75 bits per heavy atom. The van der Waals surface area contributed by atoms with Gasteiger partial charge < -0.3 is 10.0 Å². The molecule has 1 amide bonds. The molecule has 20 heavy (non-hydrogen) atoms. The fourth-order valence-corrected chi connectivity index (χ4v) is 2.56. The van der Waals surface area contributed by atoms with Crippen molar-refractivity contribution in [1.82, 2.24) is 4.90 Å². The number of nitrogens with zero attached hydrogens (tertiary/aromatic N) is 1. The molecule has 4 nitrogen and oxygen atoms in total. The van der Waals surface area contributed by atoms with E-state index in [-0.39, 0.29) is 12.1 Å². The van der Waals surface area contributed by atoms with Crippen LogP contribution in [0.5, 0.6) is 0 Å². The van der Waals surface area contributed by atoms with Gasteiger partial charge in [0, 0.05) is 13.1 Å². The maximum absolute atomic E-state index is 13.8. The summed E-state index contributed by atoms with van der Waals surface area (Å²) >= 11 is 0. The third-order valence-electron chi connectivity index (χ3n) is 3.85. The average molecular weight is 279 g/mol. The Labute approximate surface area is 117 Å². The topological polar surface area (TPSA) is 57.6 Å². The number of benzene rings is 1. The zero-order valence-corrected chi connectivity index (χ0v) is 11.6. The van der Waals surface area contributed by atoms with E-state index in [0.717, 1.165) is 5.56 Å². The summed E-state index contributed by atoms with van der Waals surface area (Å²) < 4.78 is 13.8. The molecule has 0 bridgehead atoms. The largest absolute Gasteiger partial charge is 0.481 e. The molecule has 1 saturated heterocycles. The van der Waals surface area contributed by atoms with E-state index in [4.69, 9.17) is 0 Å². The minimum atomic E-state index is -0.950. The van der Waals surface area contributed by atoms with Gasteiger partial charge in [-0.3, -0.25) is 9.59 Å². The highest BCUT2D eigenvalue weighted by molar-refractivity contribution is 5.95. The number of carboxylic acid groups (broad SMARTS) is 1. The zero-order valence-electron chi connectivity index (χ0n) is 11.6. The summed E-state index contributed by atoms with van der Waals surface area (Å²) in [5.41, 5.74) is -0.138. The Morgan fingerprint density at radius 1 is 1.40 bits per heavy atom. The quantitative estimate of drug-likeness (QED) is 0.904. The normalized spacial score (nSPS) is 22.6. The molecule has 2 rings (SSSR count). The van der Waals surface area contributed by atoms with Gasteiger partial charge >= 0.3 is 5.97 Å². The number of piperidine rings is 1. The molecule has 0 saturated carbocycles. The second kappa shape index (κ2) is 5.23. The lowest BCUT2D eigenvalue weighted by atomic mass is 9.82. The lowest BCUT2D eigenvalue weighted by molar-refractivity contribution is -0.150. The summed E-state index contributed by atoms with van der Waals surface area (Å²) in [4.78, 5) is 25.1. The van der Waals surface area contributed by atoms with Crippen molar-refractivity contribution in [3.63, 3.8) is 0 Å². The van der Waals surface area contributed by atoms with Crippen molar-refractivity contribution in [2.24, 2.45) is 5.41 Å². The van der Waals surface area contributed by atoms with Gasteiger partial charge in [-0.1, -0.05) is 11.6 Å². The molecule has 1 aliphatic heterocycles. The lowest BCUT2D eigenvalue weighted by Gasteiger charge is -2.37. The van der Waals surface area contributed by atoms with Crippen molar-refractivity contribution < 1.29 is 19.1 Å². The first-order valence-corrected chi connectivity index (χ1v) is 6.62. The van der Waals surface area contributed by atoms with Crippen molar-refractivity contribution >= 4 is 11.9 Å². The Bertz CT molecular complexity index is 558. The van der Waals surface area contributed by atoms with Crippen molar-refractivity contribution in [2.45, 2.75) is 26.7 Å². The zero-order chi connectivity index (χ0) is 14.9. The number of halogens is 1. The van der Waals surface area contributed by atoms with Crippen LogP contribution in [0.15, 0.2) is 18.2 Å². The second-order valence-corrected chi connectivity index (χ2v) is 5.68. The molecule has 0 spiro atoms. The van der Waals surface area contributed by atoms with E-state index >= 15 is 0 Å². The predicted octanol–water partition coefficient (Wildman–Crippen LogP) is 2.46. The van der Waals surface area contributed by atoms with Crippen LogP contribution in [0.1, 0.15) is 35.7 Å². The minimum Gasteiger partial charge on any atom is -0.481 e. The first kappa shape index (κ1) is 14.5. The van der Waals surface area contributed by atoms with Crippen molar-refractivity contribution in [3.05, 3.63) is 35.1 Å². The molecule has 1 heterocycles. The van der Waals surface area contributed by atoms with Crippen molar-refractivity contribution in [2.75, 3.05) is 13.1 Å². The Hall–Kier alpha value is -1.91. The standard InChI is InChI=1S/C15H18FNO3/c1-10-4-5-12(16)11(8-10)13(18)17-7-3-6-15(2,9-17)14(19)20/h4-5,8H,3,6-7,9H2,1-2H3,(H,19,20). The van der Waals surface area contributed by atoms with Crippen LogP contribution in [0.2, 0.25) is 0 Å². The van der Waals surface area contributed by atoms with Gasteiger partial charge in [0.25, 0.3) is 5.91 Å². The maximum Gasteiger partial charge on any atom is 0.311 e. The molecule has 1 atom stereocenters. The van der Waals surface area contributed by atoms with E-state index in [2.05, 4.69) is 0 Å². The number of carbonyl (C=O) groups is 2. The van der Waals surface area contributed by atoms with Gasteiger partial charge in [0.15, 0.2) is 0 Å². The SMILES string of the molecule is Cc1ccc(F)c(C(=O)N2CCCC(C)(C(=O)O)C2)c1. The Morgan fingerprint density at radius 2 is 2.10 bits per heavy atom. The van der Waals surface area contributed by atoms with E-state index < -0.39 is 23.1 Å². The number of rotatable bonds is 2. The summed E-state index contributed by atoms with van der Waals surface area (Å²) in [5, 5.41) is 9.25. The van der Waals surface area contributed by atoms with Crippen LogP contribution < -0.4 is 0 Å². The third-order valence-corrected chi connectivity index (χ3v) is 3.85. The highest BCUT2D eigenvalue weighted by Crippen LogP contribution is 2.30. The summed E-state index contributed by atoms with van der Waals surface area (Å²) in [6.07, 6.45) is 1.14. The second-order valence-electron chi connectivity index (χ2n) is 5.68. The minimum absolute atomic E-state index is 0.0136. The van der Waals surface area contributed by atoms with E-state index in [1.165, 1.54) is 17.0 Å². The number of aryl methyl sites for hydroxylation is 1. The van der Waals surface area contributed by atoms with Crippen LogP contribution in [0.3, 0.4) is 0 Å². The Balaban J connectivity index is 2.25. The van der Waals surface area contributed by atoms with Crippen LogP contribution in [0.25, 0.3) is 0 Å². The monoisotopic (exact) mass is 279 g/mol. The van der Waals surface area contributed by atoms with Gasteiger partial charge in [-0.05, 0) is 38.8 Å². The van der Waals surface area contributed by atoms with Crippen LogP contribution in [-0.2, 0) is 4.79 Å². The van der Waals surface area contributed by atoms with Crippen LogP contribution in [0.4, 0.5) is 4.39 Å². The van der Waals surface area contributed by atoms with E-state index in [9.17, 15) is 19.1 Å². The van der Waals surface area contributed by atoms with Crippen LogP contribution in [0, 0.1) is 18.2 Å². The number of hydrogen-bond donors (Lipinski definition) is 1. The Kier molecular flexibility index (Phi) is 3.79. The first-order valence-electron chi connectivity index (χ1n) is 6.62. The number of aliphatic carboxylic acids is 1. The molecule has 1 aliphatic rings. The average Bonchev–Trinajstić information content (AvgIpc) is 2.40. The molecular formula is C15H18FNO3. The number of carbonyl (C=O) groups excluding carboxylic acids is 1. The summed E-state index contributed by atoms with van der Waals surface area (Å²) in [7, 11) is 0. The molecule has 1 aromatic carbocycles. The molecule has 1 unspecified atom stereocenters. The molecular weight excluding hydrogens is 261 g/mol. The molecule has 5 heteroatoms. The van der Waals surface area contributed by atoms with Crippen LogP contribution >= 0.6 is 0 Å². The predicted molar refractivity (Wildman–Crippen MR) is 72.0 cm³/mol. The van der Waals surface area contributed by atoms with Gasteiger partial charge in [0.1, 0.15) is 5.82 Å². The van der Waals surface area contributed by atoms with Gasteiger partial charge in [-0.25, -0.2) is 4.39 Å². The number of likely N-dealkylation sites (tertiary alicyclic amines) is 1. The van der Waals surface area contributed by atoms with Gasteiger partial charge in [0.2, 0.25) is 0 Å². The first-order chi connectivity index (χ1) is 9.33. The lowest BCUT2D eigenvalue weighted by Crippen LogP contribution is -2.48. The van der Waals surface area contributed by atoms with Crippen molar-refractivity contribution in [1.29, 1.82) is 0 Å². The maximum atomic E-state index is 13.8.